The van der Waals surface area contributed by atoms with Gasteiger partial charge in [-0.05, 0) is 36.6 Å². The molecule has 1 aliphatic rings. The summed E-state index contributed by atoms with van der Waals surface area (Å²) < 4.78 is 2.20. The van der Waals surface area contributed by atoms with E-state index in [9.17, 15) is 0 Å². The zero-order valence-electron chi connectivity index (χ0n) is 11.3. The topological polar surface area (TPSA) is 47.1 Å². The van der Waals surface area contributed by atoms with Crippen molar-refractivity contribution in [2.24, 2.45) is 0 Å². The highest BCUT2D eigenvalue weighted by molar-refractivity contribution is 5.45. The summed E-state index contributed by atoms with van der Waals surface area (Å²) >= 11 is 0. The molecule has 0 atom stereocenters. The first kappa shape index (κ1) is 12.2. The molecule has 1 aromatic carbocycles. The van der Waals surface area contributed by atoms with Gasteiger partial charge < -0.3 is 10.3 Å². The van der Waals surface area contributed by atoms with Gasteiger partial charge in [0.25, 0.3) is 0 Å². The zero-order valence-corrected chi connectivity index (χ0v) is 11.3. The Kier molecular flexibility index (Phi) is 3.25. The van der Waals surface area contributed by atoms with Gasteiger partial charge in [-0.15, -0.1) is 0 Å². The molecule has 2 N–H and O–H groups in total. The van der Waals surface area contributed by atoms with Gasteiger partial charge in [0.05, 0.1) is 0 Å². The van der Waals surface area contributed by atoms with Crippen LogP contribution in [0.25, 0.3) is 0 Å². The lowest BCUT2D eigenvalue weighted by molar-refractivity contribution is 0.243. The van der Waals surface area contributed by atoms with Gasteiger partial charge in [0, 0.05) is 44.3 Å². The Morgan fingerprint density at radius 3 is 2.95 bits per heavy atom. The Morgan fingerprint density at radius 1 is 1.26 bits per heavy atom. The summed E-state index contributed by atoms with van der Waals surface area (Å²) in [6.45, 7) is 6.25. The maximum atomic E-state index is 5.87. The van der Waals surface area contributed by atoms with Crippen molar-refractivity contribution in [2.75, 3.05) is 18.8 Å². The minimum Gasteiger partial charge on any atom is -0.399 e. The number of aromatic nitrogens is 2. The van der Waals surface area contributed by atoms with E-state index in [0.717, 1.165) is 44.1 Å². The third-order valence-electron chi connectivity index (χ3n) is 3.90. The normalized spacial score (nSPS) is 15.4. The van der Waals surface area contributed by atoms with Gasteiger partial charge in [-0.2, -0.15) is 0 Å². The van der Waals surface area contributed by atoms with Gasteiger partial charge in [0.2, 0.25) is 0 Å². The van der Waals surface area contributed by atoms with Crippen molar-refractivity contribution in [3.8, 4) is 0 Å². The van der Waals surface area contributed by atoms with Crippen LogP contribution in [0.3, 0.4) is 0 Å². The number of hydrogen-bond donors (Lipinski definition) is 1. The van der Waals surface area contributed by atoms with Gasteiger partial charge in [0.15, 0.2) is 0 Å². The fourth-order valence-corrected chi connectivity index (χ4v) is 2.72. The summed E-state index contributed by atoms with van der Waals surface area (Å²) in [4.78, 5) is 6.74. The number of imidazole rings is 1. The molecule has 100 valence electrons. The van der Waals surface area contributed by atoms with Crippen molar-refractivity contribution in [1.29, 1.82) is 0 Å². The molecule has 4 heteroatoms. The molecular formula is C15H20N4. The highest BCUT2D eigenvalue weighted by Gasteiger charge is 2.16. The van der Waals surface area contributed by atoms with E-state index in [2.05, 4.69) is 26.6 Å². The molecule has 4 nitrogen and oxygen atoms in total. The summed E-state index contributed by atoms with van der Waals surface area (Å²) in [5, 5.41) is 0. The summed E-state index contributed by atoms with van der Waals surface area (Å²) in [6.07, 6.45) is 5.03. The van der Waals surface area contributed by atoms with E-state index >= 15 is 0 Å². The van der Waals surface area contributed by atoms with Crippen molar-refractivity contribution in [2.45, 2.75) is 26.4 Å². The number of aryl methyl sites for hydroxylation is 1. The summed E-state index contributed by atoms with van der Waals surface area (Å²) in [5.41, 5.74) is 9.57. The van der Waals surface area contributed by atoms with Crippen molar-refractivity contribution in [3.05, 3.63) is 47.5 Å². The van der Waals surface area contributed by atoms with Crippen molar-refractivity contribution < 1.29 is 0 Å². The van der Waals surface area contributed by atoms with Crippen LogP contribution >= 0.6 is 0 Å². The van der Waals surface area contributed by atoms with Gasteiger partial charge >= 0.3 is 0 Å². The van der Waals surface area contributed by atoms with Gasteiger partial charge in [0.1, 0.15) is 5.82 Å². The van der Waals surface area contributed by atoms with Crippen molar-refractivity contribution in [3.63, 3.8) is 0 Å². The highest BCUT2D eigenvalue weighted by Crippen LogP contribution is 2.21. The van der Waals surface area contributed by atoms with E-state index in [1.165, 1.54) is 11.1 Å². The smallest absolute Gasteiger partial charge is 0.105 e. The van der Waals surface area contributed by atoms with Crippen LogP contribution in [0, 0.1) is 6.92 Å². The van der Waals surface area contributed by atoms with Gasteiger partial charge in [-0.3, -0.25) is 4.90 Å². The second-order valence-electron chi connectivity index (χ2n) is 5.22. The molecule has 1 aromatic heterocycles. The van der Waals surface area contributed by atoms with Crippen LogP contribution in [0.5, 0.6) is 0 Å². The molecule has 2 aromatic rings. The molecule has 3 rings (SSSR count). The standard InChI is InChI=1S/C15H20N4/c1-12-17-5-7-19(12)9-8-18-6-4-13-2-3-15(16)10-14(13)11-18/h2-3,5,7,10H,4,6,8-9,11,16H2,1H3. The van der Waals surface area contributed by atoms with E-state index in [4.69, 9.17) is 5.73 Å². The first-order valence-corrected chi connectivity index (χ1v) is 6.80. The fraction of sp³-hybridized carbons (Fsp3) is 0.400. The monoisotopic (exact) mass is 256 g/mol. The summed E-state index contributed by atoms with van der Waals surface area (Å²) in [6, 6.07) is 6.29. The van der Waals surface area contributed by atoms with Crippen LogP contribution in [0.4, 0.5) is 5.69 Å². The number of fused-ring (bicyclic) bond motifs is 1. The Bertz CT molecular complexity index is 573. The average molecular weight is 256 g/mol. The number of nitrogens with two attached hydrogens (primary N) is 1. The predicted molar refractivity (Wildman–Crippen MR) is 76.8 cm³/mol. The van der Waals surface area contributed by atoms with Crippen LogP contribution in [-0.2, 0) is 19.5 Å². The van der Waals surface area contributed by atoms with Crippen molar-refractivity contribution in [1.82, 2.24) is 14.5 Å². The largest absolute Gasteiger partial charge is 0.399 e. The minimum absolute atomic E-state index is 0.867. The van der Waals surface area contributed by atoms with Gasteiger partial charge in [-0.1, -0.05) is 6.07 Å². The Morgan fingerprint density at radius 2 is 2.16 bits per heavy atom. The first-order chi connectivity index (χ1) is 9.22. The lowest BCUT2D eigenvalue weighted by Crippen LogP contribution is -2.33. The molecule has 0 saturated carbocycles. The lowest BCUT2D eigenvalue weighted by Gasteiger charge is -2.29. The molecule has 0 spiro atoms. The highest BCUT2D eigenvalue weighted by atomic mass is 15.2. The number of nitrogens with zero attached hydrogens (tertiary/aromatic N) is 3. The third kappa shape index (κ3) is 2.63. The summed E-state index contributed by atoms with van der Waals surface area (Å²) in [7, 11) is 0. The Labute approximate surface area is 113 Å². The molecule has 19 heavy (non-hydrogen) atoms. The van der Waals surface area contributed by atoms with E-state index in [1.54, 1.807) is 0 Å². The quantitative estimate of drug-likeness (QED) is 0.852. The molecule has 0 bridgehead atoms. The molecule has 0 unspecified atom stereocenters. The molecule has 0 aliphatic carbocycles. The molecule has 0 radical (unpaired) electrons. The second kappa shape index (κ2) is 5.05. The van der Waals surface area contributed by atoms with E-state index in [0.29, 0.717) is 0 Å². The SMILES string of the molecule is Cc1nccn1CCN1CCc2ccc(N)cc2C1. The van der Waals surface area contributed by atoms with Crippen LogP contribution in [0.1, 0.15) is 17.0 Å². The van der Waals surface area contributed by atoms with E-state index < -0.39 is 0 Å². The average Bonchev–Trinajstić information content (AvgIpc) is 2.81. The molecule has 2 heterocycles. The van der Waals surface area contributed by atoms with Crippen molar-refractivity contribution >= 4 is 5.69 Å². The van der Waals surface area contributed by atoms with Gasteiger partial charge in [-0.25, -0.2) is 4.98 Å². The lowest BCUT2D eigenvalue weighted by atomic mass is 9.99. The fourth-order valence-electron chi connectivity index (χ4n) is 2.72. The molecular weight excluding hydrogens is 236 g/mol. The molecule has 0 saturated heterocycles. The minimum atomic E-state index is 0.867. The molecule has 0 amide bonds. The second-order valence-corrected chi connectivity index (χ2v) is 5.22. The van der Waals surface area contributed by atoms with Crippen LogP contribution < -0.4 is 5.73 Å². The maximum absolute atomic E-state index is 5.87. The van der Waals surface area contributed by atoms with E-state index in [-0.39, 0.29) is 0 Å². The number of nitrogen functional groups attached to an aromatic ring is 1. The maximum Gasteiger partial charge on any atom is 0.105 e. The molecule has 1 aliphatic heterocycles. The first-order valence-electron chi connectivity index (χ1n) is 6.80. The number of hydrogen-bond acceptors (Lipinski definition) is 3. The third-order valence-corrected chi connectivity index (χ3v) is 3.90. The summed E-state index contributed by atoms with van der Waals surface area (Å²) in [5.74, 6) is 1.08. The van der Waals surface area contributed by atoms with Crippen LogP contribution in [0.15, 0.2) is 30.6 Å². The molecule has 0 fully saturated rings. The number of rotatable bonds is 3. The zero-order chi connectivity index (χ0) is 13.2. The predicted octanol–water partition coefficient (Wildman–Crippen LogP) is 1.83. The van der Waals surface area contributed by atoms with E-state index in [1.807, 2.05) is 25.4 Å². The van der Waals surface area contributed by atoms with Crippen LogP contribution in [-0.4, -0.2) is 27.5 Å². The number of benzene rings is 1. The number of anilines is 1. The Balaban J connectivity index is 1.64. The van der Waals surface area contributed by atoms with Crippen LogP contribution in [0.2, 0.25) is 0 Å². The Hall–Kier alpha value is -1.81.